The van der Waals surface area contributed by atoms with E-state index in [0.29, 0.717) is 10.9 Å². The molecule has 0 saturated carbocycles. The summed E-state index contributed by atoms with van der Waals surface area (Å²) in [6, 6.07) is 13.9. The number of fused-ring (bicyclic) bond motifs is 1. The molecule has 0 atom stereocenters. The second-order valence-corrected chi connectivity index (χ2v) is 7.04. The van der Waals surface area contributed by atoms with Crippen LogP contribution in [-0.4, -0.2) is 30.4 Å². The molecule has 4 rings (SSSR count). The first kappa shape index (κ1) is 18.1. The van der Waals surface area contributed by atoms with Crippen molar-refractivity contribution in [2.75, 3.05) is 19.6 Å². The maximum Gasteiger partial charge on any atom is 0.203 e. The Labute approximate surface area is 166 Å². The average Bonchev–Trinajstić information content (AvgIpc) is 3.32. The number of ether oxygens (including phenoxy) is 2. The van der Waals surface area contributed by atoms with Gasteiger partial charge in [0.25, 0.3) is 0 Å². The Kier molecular flexibility index (Phi) is 4.99. The lowest BCUT2D eigenvalue weighted by molar-refractivity contribution is 0.395. The molecule has 0 aliphatic heterocycles. The van der Waals surface area contributed by atoms with Gasteiger partial charge in [-0.05, 0) is 25.1 Å². The monoisotopic (exact) mass is 392 g/mol. The third-order valence-electron chi connectivity index (χ3n) is 4.49. The second kappa shape index (κ2) is 7.74. The molecule has 4 aromatic rings. The van der Waals surface area contributed by atoms with Gasteiger partial charge in [0.15, 0.2) is 0 Å². The number of methoxy groups -OCH3 is 2. The molecule has 28 heavy (non-hydrogen) atoms. The fraction of sp³-hybridized carbons (Fsp3) is 0.143. The van der Waals surface area contributed by atoms with E-state index < -0.39 is 0 Å². The molecule has 0 saturated heterocycles. The molecule has 7 heteroatoms. The van der Waals surface area contributed by atoms with E-state index in [1.807, 2.05) is 48.9 Å². The maximum absolute atomic E-state index is 5.47. The van der Waals surface area contributed by atoms with Crippen molar-refractivity contribution < 1.29 is 9.47 Å². The van der Waals surface area contributed by atoms with Gasteiger partial charge < -0.3 is 14.5 Å². The highest BCUT2D eigenvalue weighted by atomic mass is 32.1. The van der Waals surface area contributed by atoms with Gasteiger partial charge in [0, 0.05) is 39.2 Å². The van der Waals surface area contributed by atoms with E-state index in [2.05, 4.69) is 32.6 Å². The smallest absolute Gasteiger partial charge is 0.203 e. The first-order chi connectivity index (χ1) is 13.7. The van der Waals surface area contributed by atoms with Crippen molar-refractivity contribution in [1.82, 2.24) is 9.97 Å². The van der Waals surface area contributed by atoms with E-state index in [-0.39, 0.29) is 0 Å². The van der Waals surface area contributed by atoms with E-state index >= 15 is 0 Å². The first-order valence-corrected chi connectivity index (χ1v) is 9.62. The zero-order valence-electron chi connectivity index (χ0n) is 15.8. The summed E-state index contributed by atoms with van der Waals surface area (Å²) in [6.45, 7) is 2.04. The summed E-state index contributed by atoms with van der Waals surface area (Å²) in [5.41, 5.74) is 8.00. The van der Waals surface area contributed by atoms with Crippen molar-refractivity contribution in [1.29, 1.82) is 0 Å². The van der Waals surface area contributed by atoms with Crippen LogP contribution in [0.25, 0.3) is 22.2 Å². The van der Waals surface area contributed by atoms with Gasteiger partial charge in [-0.3, -0.25) is 5.43 Å². The van der Waals surface area contributed by atoms with Crippen LogP contribution in [0.2, 0.25) is 0 Å². The number of aromatic amines is 1. The van der Waals surface area contributed by atoms with E-state index in [4.69, 9.17) is 9.47 Å². The number of rotatable bonds is 6. The van der Waals surface area contributed by atoms with Crippen LogP contribution in [0.4, 0.5) is 5.13 Å². The minimum Gasteiger partial charge on any atom is -0.497 e. The summed E-state index contributed by atoms with van der Waals surface area (Å²) in [5.74, 6) is 1.46. The Hall–Kier alpha value is -3.32. The number of hydrogen-bond acceptors (Lipinski definition) is 6. The van der Waals surface area contributed by atoms with E-state index in [0.717, 1.165) is 39.2 Å². The van der Waals surface area contributed by atoms with Crippen molar-refractivity contribution in [2.24, 2.45) is 5.10 Å². The fourth-order valence-corrected chi connectivity index (χ4v) is 3.74. The van der Waals surface area contributed by atoms with Crippen LogP contribution in [-0.2, 0) is 0 Å². The van der Waals surface area contributed by atoms with Crippen molar-refractivity contribution >= 4 is 33.6 Å². The largest absolute Gasteiger partial charge is 0.497 e. The highest BCUT2D eigenvalue weighted by Gasteiger charge is 2.11. The van der Waals surface area contributed by atoms with Crippen LogP contribution in [0.3, 0.4) is 0 Å². The minimum absolute atomic E-state index is 0.710. The summed E-state index contributed by atoms with van der Waals surface area (Å²) in [4.78, 5) is 7.98. The third-order valence-corrected chi connectivity index (χ3v) is 5.23. The van der Waals surface area contributed by atoms with Crippen LogP contribution in [0.5, 0.6) is 11.5 Å². The number of hydrazone groups is 1. The maximum atomic E-state index is 5.47. The Morgan fingerprint density at radius 2 is 2.00 bits per heavy atom. The summed E-state index contributed by atoms with van der Waals surface area (Å²) in [7, 11) is 3.27. The summed E-state index contributed by atoms with van der Waals surface area (Å²) < 4.78 is 10.7. The summed E-state index contributed by atoms with van der Waals surface area (Å²) >= 11 is 1.49. The lowest BCUT2D eigenvalue weighted by Crippen LogP contribution is -1.92. The quantitative estimate of drug-likeness (QED) is 0.355. The minimum atomic E-state index is 0.710. The zero-order chi connectivity index (χ0) is 19.5. The van der Waals surface area contributed by atoms with Gasteiger partial charge in [0.1, 0.15) is 11.5 Å². The number of nitrogens with zero attached hydrogens (tertiary/aromatic N) is 2. The highest BCUT2D eigenvalue weighted by molar-refractivity contribution is 7.14. The van der Waals surface area contributed by atoms with Crippen molar-refractivity contribution in [3.8, 4) is 22.8 Å². The van der Waals surface area contributed by atoms with Gasteiger partial charge in [-0.15, -0.1) is 11.3 Å². The lowest BCUT2D eigenvalue weighted by Gasteiger charge is -2.08. The predicted octanol–water partition coefficient (Wildman–Crippen LogP) is 5.06. The normalized spacial score (nSPS) is 11.2. The molecule has 2 heterocycles. The molecular weight excluding hydrogens is 372 g/mol. The van der Waals surface area contributed by atoms with Gasteiger partial charge in [0.05, 0.1) is 26.1 Å². The van der Waals surface area contributed by atoms with Crippen LogP contribution in [0.1, 0.15) is 11.3 Å². The standard InChI is InChI=1S/C21H20N4O2S/c1-13-17(15-6-4-5-7-18(15)23-13)11-22-25-21-24-19(12-28-21)16-9-8-14(26-2)10-20(16)27-3/h4-12,23H,1-3H3,(H,24,25)/b22-11-. The lowest BCUT2D eigenvalue weighted by atomic mass is 10.1. The van der Waals surface area contributed by atoms with Crippen LogP contribution < -0.4 is 14.9 Å². The fourth-order valence-electron chi connectivity index (χ4n) is 3.08. The van der Waals surface area contributed by atoms with Gasteiger partial charge >= 0.3 is 0 Å². The summed E-state index contributed by atoms with van der Waals surface area (Å²) in [6.07, 6.45) is 1.82. The highest BCUT2D eigenvalue weighted by Crippen LogP contribution is 2.34. The number of H-pyrrole nitrogens is 1. The molecule has 2 aromatic heterocycles. The Morgan fingerprint density at radius 1 is 1.14 bits per heavy atom. The number of thiazole rings is 1. The van der Waals surface area contributed by atoms with Crippen LogP contribution in [0, 0.1) is 6.92 Å². The van der Waals surface area contributed by atoms with Crippen molar-refractivity contribution in [3.05, 3.63) is 59.1 Å². The Morgan fingerprint density at radius 3 is 2.82 bits per heavy atom. The number of benzene rings is 2. The molecule has 0 spiro atoms. The molecule has 6 nitrogen and oxygen atoms in total. The number of aryl methyl sites for hydroxylation is 1. The van der Waals surface area contributed by atoms with Crippen molar-refractivity contribution in [3.63, 3.8) is 0 Å². The summed E-state index contributed by atoms with van der Waals surface area (Å²) in [5, 5.41) is 8.20. The second-order valence-electron chi connectivity index (χ2n) is 6.18. The molecule has 0 aliphatic rings. The average molecular weight is 392 g/mol. The Bertz CT molecular complexity index is 1150. The third kappa shape index (κ3) is 3.44. The Balaban J connectivity index is 1.54. The number of nitrogens with one attached hydrogen (secondary N) is 2. The molecule has 0 radical (unpaired) electrons. The van der Waals surface area contributed by atoms with E-state index in [9.17, 15) is 0 Å². The topological polar surface area (TPSA) is 71.5 Å². The zero-order valence-corrected chi connectivity index (χ0v) is 16.6. The number of para-hydroxylation sites is 1. The molecule has 142 valence electrons. The predicted molar refractivity (Wildman–Crippen MR) is 115 cm³/mol. The van der Waals surface area contributed by atoms with Crippen molar-refractivity contribution in [2.45, 2.75) is 6.92 Å². The molecule has 0 unspecified atom stereocenters. The first-order valence-electron chi connectivity index (χ1n) is 8.74. The molecule has 2 N–H and O–H groups in total. The molecule has 2 aromatic carbocycles. The molecule has 0 fully saturated rings. The SMILES string of the molecule is COc1ccc(-c2csc(N/N=C\c3c(C)[nH]c4ccccc34)n2)c(OC)c1. The molecule has 0 aliphatic carbocycles. The van der Waals surface area contributed by atoms with Crippen LogP contribution in [0.15, 0.2) is 52.9 Å². The molecule has 0 bridgehead atoms. The van der Waals surface area contributed by atoms with E-state index in [1.165, 1.54) is 11.3 Å². The number of hydrogen-bond donors (Lipinski definition) is 2. The number of anilines is 1. The molecular formula is C21H20N4O2S. The molecule has 0 amide bonds. The number of aromatic nitrogens is 2. The van der Waals surface area contributed by atoms with Gasteiger partial charge in [0.2, 0.25) is 5.13 Å². The van der Waals surface area contributed by atoms with Gasteiger partial charge in [-0.25, -0.2) is 4.98 Å². The van der Waals surface area contributed by atoms with Crippen LogP contribution >= 0.6 is 11.3 Å². The van der Waals surface area contributed by atoms with E-state index in [1.54, 1.807) is 14.2 Å². The van der Waals surface area contributed by atoms with Gasteiger partial charge in [-0.2, -0.15) is 5.10 Å². The van der Waals surface area contributed by atoms with Gasteiger partial charge in [-0.1, -0.05) is 18.2 Å².